The molecule has 0 spiro atoms. The van der Waals surface area contributed by atoms with Gasteiger partial charge in [-0.3, -0.25) is 0 Å². The monoisotopic (exact) mass is 430 g/mol. The van der Waals surface area contributed by atoms with Gasteiger partial charge in [-0.05, 0) is 66.4 Å². The van der Waals surface area contributed by atoms with Crippen LogP contribution in [0.2, 0.25) is 0 Å². The lowest BCUT2D eigenvalue weighted by Crippen LogP contribution is -2.10. The van der Waals surface area contributed by atoms with Gasteiger partial charge >= 0.3 is 0 Å². The fourth-order valence-electron chi connectivity index (χ4n) is 3.67. The Morgan fingerprint density at radius 3 is 2.19 bits per heavy atom. The summed E-state index contributed by atoms with van der Waals surface area (Å²) in [6.07, 6.45) is 0.877. The number of fused-ring (bicyclic) bond motifs is 1. The Balaban J connectivity index is 1.39. The van der Waals surface area contributed by atoms with E-state index in [0.717, 1.165) is 47.1 Å². The van der Waals surface area contributed by atoms with Gasteiger partial charge in [0.1, 0.15) is 29.7 Å². The van der Waals surface area contributed by atoms with E-state index in [1.807, 2.05) is 42.5 Å². The van der Waals surface area contributed by atoms with Crippen molar-refractivity contribution < 1.29 is 14.2 Å². The number of rotatable bonds is 10. The summed E-state index contributed by atoms with van der Waals surface area (Å²) >= 11 is 0. The van der Waals surface area contributed by atoms with E-state index in [-0.39, 0.29) is 0 Å². The summed E-state index contributed by atoms with van der Waals surface area (Å²) < 4.78 is 19.4. The van der Waals surface area contributed by atoms with Gasteiger partial charge in [-0.1, -0.05) is 38.1 Å². The predicted octanol–water partition coefficient (Wildman–Crippen LogP) is 6.22. The van der Waals surface area contributed by atoms with Crippen LogP contribution in [0.5, 0.6) is 17.2 Å². The highest BCUT2D eigenvalue weighted by molar-refractivity contribution is 5.75. The van der Waals surface area contributed by atoms with Crippen molar-refractivity contribution in [1.29, 1.82) is 0 Å². The van der Waals surface area contributed by atoms with Crippen LogP contribution in [0, 0.1) is 0 Å². The van der Waals surface area contributed by atoms with Crippen LogP contribution in [-0.2, 0) is 13.2 Å². The zero-order valence-corrected chi connectivity index (χ0v) is 19.0. The van der Waals surface area contributed by atoms with E-state index >= 15 is 0 Å². The molecule has 0 saturated heterocycles. The molecule has 3 aromatic carbocycles. The first-order valence-electron chi connectivity index (χ1n) is 11.1. The molecule has 0 aliphatic heterocycles. The molecule has 1 aromatic heterocycles. The first kappa shape index (κ1) is 21.8. The van der Waals surface area contributed by atoms with Crippen LogP contribution in [0.1, 0.15) is 37.6 Å². The summed E-state index contributed by atoms with van der Waals surface area (Å²) in [5, 5.41) is 0. The van der Waals surface area contributed by atoms with E-state index in [1.54, 1.807) is 7.11 Å². The molecule has 1 heterocycles. The highest BCUT2D eigenvalue weighted by atomic mass is 16.5. The summed E-state index contributed by atoms with van der Waals surface area (Å²) in [5.74, 6) is 3.94. The molecule has 166 valence electrons. The van der Waals surface area contributed by atoms with Gasteiger partial charge in [0.05, 0.1) is 24.8 Å². The lowest BCUT2D eigenvalue weighted by Gasteiger charge is -2.12. The Bertz CT molecular complexity index is 1130. The first-order chi connectivity index (χ1) is 15.6. The third-order valence-electron chi connectivity index (χ3n) is 5.50. The number of hydrogen-bond donors (Lipinski definition) is 0. The van der Waals surface area contributed by atoms with Crippen molar-refractivity contribution in [1.82, 2.24) is 9.55 Å². The highest BCUT2D eigenvalue weighted by Crippen LogP contribution is 2.22. The third-order valence-corrected chi connectivity index (χ3v) is 5.50. The molecule has 0 aliphatic rings. The van der Waals surface area contributed by atoms with Gasteiger partial charge < -0.3 is 18.8 Å². The molecule has 0 bridgehead atoms. The predicted molar refractivity (Wildman–Crippen MR) is 128 cm³/mol. The Kier molecular flexibility index (Phi) is 6.95. The Morgan fingerprint density at radius 1 is 0.812 bits per heavy atom. The number of benzene rings is 3. The van der Waals surface area contributed by atoms with Crippen LogP contribution in [0.3, 0.4) is 0 Å². The van der Waals surface area contributed by atoms with Gasteiger partial charge in [-0.25, -0.2) is 4.98 Å². The lowest BCUT2D eigenvalue weighted by atomic mass is 10.0. The molecule has 0 saturated carbocycles. The topological polar surface area (TPSA) is 45.5 Å². The number of hydrogen-bond acceptors (Lipinski definition) is 4. The van der Waals surface area contributed by atoms with Crippen molar-refractivity contribution in [2.45, 2.75) is 39.3 Å². The maximum absolute atomic E-state index is 6.00. The third kappa shape index (κ3) is 5.22. The van der Waals surface area contributed by atoms with Gasteiger partial charge in [0.15, 0.2) is 0 Å². The molecule has 0 fully saturated rings. The largest absolute Gasteiger partial charge is 0.497 e. The molecule has 4 aromatic rings. The van der Waals surface area contributed by atoms with Crippen LogP contribution in [0.4, 0.5) is 0 Å². The molecular weight excluding hydrogens is 400 g/mol. The molecule has 32 heavy (non-hydrogen) atoms. The fourth-order valence-corrected chi connectivity index (χ4v) is 3.67. The number of aromatic nitrogens is 2. The first-order valence-corrected chi connectivity index (χ1v) is 11.1. The van der Waals surface area contributed by atoms with E-state index in [1.165, 1.54) is 5.56 Å². The molecule has 0 unspecified atom stereocenters. The van der Waals surface area contributed by atoms with Crippen molar-refractivity contribution in [3.63, 3.8) is 0 Å². The minimum Gasteiger partial charge on any atom is -0.497 e. The summed E-state index contributed by atoms with van der Waals surface area (Å²) in [7, 11) is 1.66. The standard InChI is InChI=1S/C27H30N2O3/c1-20(2)21-9-11-23(12-10-21)31-18-6-17-29-26-8-5-4-7-25(26)28-27(29)19-32-24-15-13-22(30-3)14-16-24/h4-5,7-16,20H,6,17-19H2,1-3H3. The van der Waals surface area contributed by atoms with Crippen molar-refractivity contribution in [2.24, 2.45) is 0 Å². The summed E-state index contributed by atoms with van der Waals surface area (Å²) in [4.78, 5) is 4.80. The molecule has 0 N–H and O–H groups in total. The van der Waals surface area contributed by atoms with E-state index in [0.29, 0.717) is 19.1 Å². The Labute approximate surface area is 189 Å². The second kappa shape index (κ2) is 10.2. The summed E-state index contributed by atoms with van der Waals surface area (Å²) in [6.45, 7) is 6.25. The van der Waals surface area contributed by atoms with Crippen molar-refractivity contribution in [3.05, 3.63) is 84.2 Å². The maximum Gasteiger partial charge on any atom is 0.147 e. The molecular formula is C27H30N2O3. The van der Waals surface area contributed by atoms with Crippen molar-refractivity contribution in [2.75, 3.05) is 13.7 Å². The van der Waals surface area contributed by atoms with Crippen LogP contribution in [0.25, 0.3) is 11.0 Å². The Hall–Kier alpha value is -3.47. The zero-order valence-electron chi connectivity index (χ0n) is 19.0. The minimum absolute atomic E-state index is 0.401. The number of nitrogens with zero attached hydrogens (tertiary/aromatic N) is 2. The van der Waals surface area contributed by atoms with Gasteiger partial charge in [-0.15, -0.1) is 0 Å². The number of methoxy groups -OCH3 is 1. The SMILES string of the molecule is COc1ccc(OCc2nc3ccccc3n2CCCOc2ccc(C(C)C)cc2)cc1. The molecule has 4 rings (SSSR count). The number of imidazole rings is 1. The molecule has 0 aliphatic carbocycles. The second-order valence-corrected chi connectivity index (χ2v) is 8.06. The minimum atomic E-state index is 0.401. The second-order valence-electron chi connectivity index (χ2n) is 8.06. The van der Waals surface area contributed by atoms with Crippen LogP contribution in [-0.4, -0.2) is 23.3 Å². The Morgan fingerprint density at radius 2 is 1.47 bits per heavy atom. The van der Waals surface area contributed by atoms with Gasteiger partial charge in [0, 0.05) is 6.54 Å². The van der Waals surface area contributed by atoms with E-state index < -0.39 is 0 Å². The number of aryl methyl sites for hydroxylation is 1. The smallest absolute Gasteiger partial charge is 0.147 e. The normalized spacial score (nSPS) is 11.1. The average molecular weight is 431 g/mol. The molecule has 0 atom stereocenters. The zero-order chi connectivity index (χ0) is 22.3. The van der Waals surface area contributed by atoms with E-state index in [2.05, 4.69) is 48.7 Å². The molecule has 5 heteroatoms. The average Bonchev–Trinajstić information content (AvgIpc) is 3.18. The van der Waals surface area contributed by atoms with E-state index in [9.17, 15) is 0 Å². The van der Waals surface area contributed by atoms with Gasteiger partial charge in [0.2, 0.25) is 0 Å². The quantitative estimate of drug-likeness (QED) is 0.280. The maximum atomic E-state index is 6.00. The van der Waals surface area contributed by atoms with E-state index in [4.69, 9.17) is 19.2 Å². The number of ether oxygens (including phenoxy) is 3. The lowest BCUT2D eigenvalue weighted by molar-refractivity contribution is 0.280. The summed E-state index contributed by atoms with van der Waals surface area (Å²) in [6, 6.07) is 24.2. The van der Waals surface area contributed by atoms with Crippen LogP contribution in [0.15, 0.2) is 72.8 Å². The highest BCUT2D eigenvalue weighted by Gasteiger charge is 2.11. The fraction of sp³-hybridized carbons (Fsp3) is 0.296. The van der Waals surface area contributed by atoms with Gasteiger partial charge in [-0.2, -0.15) is 0 Å². The van der Waals surface area contributed by atoms with Crippen LogP contribution >= 0.6 is 0 Å². The number of para-hydroxylation sites is 2. The molecule has 0 radical (unpaired) electrons. The molecule has 0 amide bonds. The van der Waals surface area contributed by atoms with Crippen molar-refractivity contribution in [3.8, 4) is 17.2 Å². The van der Waals surface area contributed by atoms with Gasteiger partial charge in [0.25, 0.3) is 0 Å². The van der Waals surface area contributed by atoms with Crippen LogP contribution < -0.4 is 14.2 Å². The van der Waals surface area contributed by atoms with Crippen molar-refractivity contribution >= 4 is 11.0 Å². The molecule has 5 nitrogen and oxygen atoms in total. The summed E-state index contributed by atoms with van der Waals surface area (Å²) in [5.41, 5.74) is 3.41.